The molecule has 0 fully saturated rings. The predicted molar refractivity (Wildman–Crippen MR) is 94.9 cm³/mol. The lowest BCUT2D eigenvalue weighted by Gasteiger charge is -2.22. The highest BCUT2D eigenvalue weighted by Gasteiger charge is 2.22. The van der Waals surface area contributed by atoms with Crippen LogP contribution in [0.4, 0.5) is 0 Å². The maximum absolute atomic E-state index is 11.4. The second-order valence-corrected chi connectivity index (χ2v) is 5.58. The van der Waals surface area contributed by atoms with Crippen LogP contribution in [-0.4, -0.2) is 25.3 Å². The Morgan fingerprint density at radius 2 is 1.46 bits per heavy atom. The number of methoxy groups -OCH3 is 2. The first-order chi connectivity index (χ1) is 11.4. The monoisotopic (exact) mass is 326 g/mol. The standard InChI is InChI=1S/C20H22O4/c1-12-13(2)20(24-5)18(14(3)19(12)23-4)16(11-17(21)22)15-9-7-6-8-10-15/h6-11H,1-5H3,(H,21,22)/b16-11-. The second kappa shape index (κ2) is 7.21. The number of aliphatic carboxylic acids is 1. The Bertz CT molecular complexity index is 789. The minimum atomic E-state index is -1.01. The molecule has 0 unspecified atom stereocenters. The van der Waals surface area contributed by atoms with E-state index < -0.39 is 5.97 Å². The van der Waals surface area contributed by atoms with Crippen LogP contribution >= 0.6 is 0 Å². The van der Waals surface area contributed by atoms with Crippen LogP contribution in [0.3, 0.4) is 0 Å². The summed E-state index contributed by atoms with van der Waals surface area (Å²) in [4.78, 5) is 11.4. The Morgan fingerprint density at radius 1 is 0.917 bits per heavy atom. The summed E-state index contributed by atoms with van der Waals surface area (Å²) in [7, 11) is 3.22. The van der Waals surface area contributed by atoms with E-state index in [0.29, 0.717) is 11.3 Å². The Hall–Kier alpha value is -2.75. The van der Waals surface area contributed by atoms with Gasteiger partial charge in [-0.2, -0.15) is 0 Å². The topological polar surface area (TPSA) is 55.8 Å². The number of carbonyl (C=O) groups is 1. The Kier molecular flexibility index (Phi) is 5.29. The van der Waals surface area contributed by atoms with Crippen LogP contribution in [0.1, 0.15) is 27.8 Å². The molecular formula is C20H22O4. The van der Waals surface area contributed by atoms with Crippen LogP contribution in [0.25, 0.3) is 5.57 Å². The van der Waals surface area contributed by atoms with E-state index >= 15 is 0 Å². The van der Waals surface area contributed by atoms with E-state index in [1.54, 1.807) is 14.2 Å². The molecule has 4 nitrogen and oxygen atoms in total. The summed E-state index contributed by atoms with van der Waals surface area (Å²) in [5.41, 5.74) is 4.92. The molecule has 24 heavy (non-hydrogen) atoms. The third kappa shape index (κ3) is 3.13. The molecule has 0 saturated carbocycles. The van der Waals surface area contributed by atoms with Gasteiger partial charge < -0.3 is 14.6 Å². The van der Waals surface area contributed by atoms with Gasteiger partial charge in [0.25, 0.3) is 0 Å². The van der Waals surface area contributed by atoms with Crippen LogP contribution in [0, 0.1) is 20.8 Å². The van der Waals surface area contributed by atoms with Gasteiger partial charge in [0.2, 0.25) is 0 Å². The summed E-state index contributed by atoms with van der Waals surface area (Å²) in [6.07, 6.45) is 1.22. The number of rotatable bonds is 5. The van der Waals surface area contributed by atoms with E-state index in [1.165, 1.54) is 6.08 Å². The van der Waals surface area contributed by atoms with Gasteiger partial charge in [-0.05, 0) is 37.5 Å². The molecule has 126 valence electrons. The molecule has 0 saturated heterocycles. The normalized spacial score (nSPS) is 11.3. The molecule has 1 N–H and O–H groups in total. The first-order valence-corrected chi connectivity index (χ1v) is 7.64. The van der Waals surface area contributed by atoms with Gasteiger partial charge in [0, 0.05) is 22.8 Å². The van der Waals surface area contributed by atoms with Gasteiger partial charge >= 0.3 is 5.97 Å². The van der Waals surface area contributed by atoms with Crippen molar-refractivity contribution in [3.05, 3.63) is 64.2 Å². The zero-order chi connectivity index (χ0) is 17.9. The molecule has 2 rings (SSSR count). The number of carboxylic acids is 1. The fraction of sp³-hybridized carbons (Fsp3) is 0.250. The van der Waals surface area contributed by atoms with Crippen LogP contribution in [0.2, 0.25) is 0 Å². The zero-order valence-electron chi connectivity index (χ0n) is 14.6. The fourth-order valence-electron chi connectivity index (χ4n) is 3.02. The van der Waals surface area contributed by atoms with Gasteiger partial charge in [-0.3, -0.25) is 0 Å². The molecule has 0 aliphatic carbocycles. The summed E-state index contributed by atoms with van der Waals surface area (Å²) < 4.78 is 11.2. The van der Waals surface area contributed by atoms with Crippen molar-refractivity contribution < 1.29 is 19.4 Å². The number of hydrogen-bond acceptors (Lipinski definition) is 3. The maximum Gasteiger partial charge on any atom is 0.328 e. The van der Waals surface area contributed by atoms with Gasteiger partial charge in [-0.25, -0.2) is 4.79 Å². The third-order valence-corrected chi connectivity index (χ3v) is 4.22. The van der Waals surface area contributed by atoms with Crippen molar-refractivity contribution in [2.24, 2.45) is 0 Å². The molecule has 0 heterocycles. The van der Waals surface area contributed by atoms with Crippen LogP contribution in [0.5, 0.6) is 11.5 Å². The Labute approximate surface area is 142 Å². The fourth-order valence-corrected chi connectivity index (χ4v) is 3.02. The summed E-state index contributed by atoms with van der Waals surface area (Å²) in [5.74, 6) is 0.408. The Balaban J connectivity index is 2.89. The number of carboxylic acid groups (broad SMARTS) is 1. The van der Waals surface area contributed by atoms with Crippen LogP contribution in [-0.2, 0) is 4.79 Å². The highest BCUT2D eigenvalue weighted by molar-refractivity contribution is 5.98. The molecule has 0 aliphatic heterocycles. The smallest absolute Gasteiger partial charge is 0.328 e. The van der Waals surface area contributed by atoms with E-state index in [0.717, 1.165) is 33.6 Å². The summed E-state index contributed by atoms with van der Waals surface area (Å²) in [6.45, 7) is 5.83. The second-order valence-electron chi connectivity index (χ2n) is 5.58. The van der Waals surface area contributed by atoms with E-state index in [9.17, 15) is 9.90 Å². The van der Waals surface area contributed by atoms with Crippen molar-refractivity contribution >= 4 is 11.5 Å². The molecule has 0 bridgehead atoms. The highest BCUT2D eigenvalue weighted by atomic mass is 16.5. The molecule has 0 aliphatic rings. The maximum atomic E-state index is 11.4. The van der Waals surface area contributed by atoms with E-state index in [1.807, 2.05) is 51.1 Å². The summed E-state index contributed by atoms with van der Waals surface area (Å²) in [6, 6.07) is 9.42. The SMILES string of the molecule is COc1c(C)c(C)c(OC)c(/C(=C\C(=O)O)c2ccccc2)c1C. The molecule has 0 aromatic heterocycles. The molecule has 0 spiro atoms. The van der Waals surface area contributed by atoms with Gasteiger partial charge in [-0.15, -0.1) is 0 Å². The number of hydrogen-bond donors (Lipinski definition) is 1. The van der Waals surface area contributed by atoms with Crippen molar-refractivity contribution in [3.63, 3.8) is 0 Å². The van der Waals surface area contributed by atoms with Crippen molar-refractivity contribution in [2.45, 2.75) is 20.8 Å². The van der Waals surface area contributed by atoms with Crippen molar-refractivity contribution in [1.82, 2.24) is 0 Å². The lowest BCUT2D eigenvalue weighted by molar-refractivity contribution is -0.131. The van der Waals surface area contributed by atoms with Gasteiger partial charge in [0.15, 0.2) is 0 Å². The summed E-state index contributed by atoms with van der Waals surface area (Å²) >= 11 is 0. The van der Waals surface area contributed by atoms with Crippen molar-refractivity contribution in [2.75, 3.05) is 14.2 Å². The predicted octanol–water partition coefficient (Wildman–Crippen LogP) is 4.15. The van der Waals surface area contributed by atoms with Crippen LogP contribution < -0.4 is 9.47 Å². The van der Waals surface area contributed by atoms with Crippen LogP contribution in [0.15, 0.2) is 36.4 Å². The van der Waals surface area contributed by atoms with E-state index in [2.05, 4.69) is 0 Å². The molecule has 2 aromatic carbocycles. The first kappa shape index (κ1) is 17.6. The zero-order valence-corrected chi connectivity index (χ0v) is 14.6. The number of ether oxygens (including phenoxy) is 2. The molecule has 0 radical (unpaired) electrons. The Morgan fingerprint density at radius 3 is 1.96 bits per heavy atom. The first-order valence-electron chi connectivity index (χ1n) is 7.64. The lowest BCUT2D eigenvalue weighted by atomic mass is 9.89. The van der Waals surface area contributed by atoms with Crippen molar-refractivity contribution in [1.29, 1.82) is 0 Å². The van der Waals surface area contributed by atoms with Gasteiger partial charge in [0.05, 0.1) is 14.2 Å². The molecule has 0 amide bonds. The molecule has 0 atom stereocenters. The average Bonchev–Trinajstić information content (AvgIpc) is 2.57. The third-order valence-electron chi connectivity index (χ3n) is 4.22. The number of benzene rings is 2. The molecule has 4 heteroatoms. The summed E-state index contributed by atoms with van der Waals surface area (Å²) in [5, 5.41) is 9.36. The quantitative estimate of drug-likeness (QED) is 0.839. The van der Waals surface area contributed by atoms with Gasteiger partial charge in [0.1, 0.15) is 11.5 Å². The molecule has 2 aromatic rings. The van der Waals surface area contributed by atoms with Gasteiger partial charge in [-0.1, -0.05) is 30.3 Å². The highest BCUT2D eigenvalue weighted by Crippen LogP contribution is 2.42. The average molecular weight is 326 g/mol. The lowest BCUT2D eigenvalue weighted by Crippen LogP contribution is -2.05. The van der Waals surface area contributed by atoms with E-state index in [4.69, 9.17) is 9.47 Å². The van der Waals surface area contributed by atoms with E-state index in [-0.39, 0.29) is 0 Å². The van der Waals surface area contributed by atoms with Crippen molar-refractivity contribution in [3.8, 4) is 11.5 Å². The largest absolute Gasteiger partial charge is 0.496 e. The minimum absolute atomic E-state index is 0.596. The molecular weight excluding hydrogens is 304 g/mol. The minimum Gasteiger partial charge on any atom is -0.496 e.